The van der Waals surface area contributed by atoms with Crippen LogP contribution in [0.2, 0.25) is 5.02 Å². The fourth-order valence-electron chi connectivity index (χ4n) is 4.01. The van der Waals surface area contributed by atoms with E-state index in [4.69, 9.17) is 11.6 Å². The number of likely N-dealkylation sites (tertiary alicyclic amines) is 1. The Morgan fingerprint density at radius 2 is 2.21 bits per heavy atom. The van der Waals surface area contributed by atoms with Gasteiger partial charge < -0.3 is 10.2 Å². The molecule has 1 atom stereocenters. The molecule has 2 heterocycles. The first kappa shape index (κ1) is 22.9. The Hall–Kier alpha value is -3.27. The van der Waals surface area contributed by atoms with Crippen LogP contribution >= 0.6 is 11.6 Å². The molecule has 0 aliphatic carbocycles. The quantitative estimate of drug-likeness (QED) is 0.419. The Labute approximate surface area is 197 Å². The van der Waals surface area contributed by atoms with Crippen LogP contribution in [0.1, 0.15) is 24.5 Å². The van der Waals surface area contributed by atoms with Gasteiger partial charge >= 0.3 is 0 Å². The average molecular weight is 463 g/mol. The van der Waals surface area contributed by atoms with E-state index in [1.165, 1.54) is 18.5 Å². The molecule has 33 heavy (non-hydrogen) atoms. The standard InChI is InChI=1S/C26H24ClFN4O/c1-4-19(33)12-18-13-20-23(14-17(18)8-9-26(2)10-11-32(3)15-26)29-16-30-25(20)31-22-7-5-6-21(27)24(22)28/h4-7,13-14,16H,1,10-12,15H2,2-3H3,(H,29,30,31)/t26-/m0/s1. The Bertz CT molecular complexity index is 1310. The molecule has 7 heteroatoms. The molecule has 0 radical (unpaired) electrons. The minimum absolute atomic E-state index is 0.0132. The third kappa shape index (κ3) is 5.05. The van der Waals surface area contributed by atoms with Crippen molar-refractivity contribution in [3.8, 4) is 11.8 Å². The summed E-state index contributed by atoms with van der Waals surface area (Å²) in [5.74, 6) is 6.45. The lowest BCUT2D eigenvalue weighted by molar-refractivity contribution is -0.114. The number of nitrogens with zero attached hydrogens (tertiary/aromatic N) is 3. The zero-order valence-corrected chi connectivity index (χ0v) is 19.3. The molecule has 1 N–H and O–H groups in total. The number of fused-ring (bicyclic) bond motifs is 1. The first-order valence-corrected chi connectivity index (χ1v) is 11.0. The molecule has 0 saturated carbocycles. The van der Waals surface area contributed by atoms with E-state index in [1.807, 2.05) is 12.1 Å². The van der Waals surface area contributed by atoms with Crippen LogP contribution in [0.5, 0.6) is 0 Å². The zero-order valence-electron chi connectivity index (χ0n) is 18.6. The van der Waals surface area contributed by atoms with Crippen molar-refractivity contribution in [1.29, 1.82) is 0 Å². The molecule has 0 amide bonds. The molecule has 4 rings (SSSR count). The number of halogens is 2. The van der Waals surface area contributed by atoms with Crippen LogP contribution < -0.4 is 5.32 Å². The van der Waals surface area contributed by atoms with Gasteiger partial charge in [-0.15, -0.1) is 0 Å². The summed E-state index contributed by atoms with van der Waals surface area (Å²) in [6.45, 7) is 7.65. The topological polar surface area (TPSA) is 58.1 Å². The van der Waals surface area contributed by atoms with Crippen molar-refractivity contribution in [3.63, 3.8) is 0 Å². The van der Waals surface area contributed by atoms with Crippen LogP contribution in [0.25, 0.3) is 10.9 Å². The summed E-state index contributed by atoms with van der Waals surface area (Å²) < 4.78 is 14.4. The number of hydrogen-bond acceptors (Lipinski definition) is 5. The number of hydrogen-bond donors (Lipinski definition) is 1. The molecule has 0 unspecified atom stereocenters. The highest BCUT2D eigenvalue weighted by Gasteiger charge is 2.30. The van der Waals surface area contributed by atoms with Gasteiger partial charge in [-0.3, -0.25) is 4.79 Å². The molecule has 2 aromatic carbocycles. The van der Waals surface area contributed by atoms with Crippen molar-refractivity contribution < 1.29 is 9.18 Å². The van der Waals surface area contributed by atoms with Crippen molar-refractivity contribution >= 4 is 39.8 Å². The molecule has 5 nitrogen and oxygen atoms in total. The fourth-order valence-corrected chi connectivity index (χ4v) is 4.18. The highest BCUT2D eigenvalue weighted by atomic mass is 35.5. The molecular weight excluding hydrogens is 439 g/mol. The lowest BCUT2D eigenvalue weighted by atomic mass is 9.89. The minimum atomic E-state index is -0.565. The Kier molecular flexibility index (Phi) is 6.46. The van der Waals surface area contributed by atoms with E-state index in [0.717, 1.165) is 30.6 Å². The number of carbonyl (C=O) groups excluding carboxylic acids is 1. The number of nitrogens with one attached hydrogen (secondary N) is 1. The minimum Gasteiger partial charge on any atom is -0.337 e. The van der Waals surface area contributed by atoms with Gasteiger partial charge in [-0.25, -0.2) is 14.4 Å². The van der Waals surface area contributed by atoms with Crippen LogP contribution in [0.15, 0.2) is 49.3 Å². The number of aromatic nitrogens is 2. The van der Waals surface area contributed by atoms with Gasteiger partial charge in [-0.05, 0) is 62.8 Å². The normalized spacial score (nSPS) is 18.1. The van der Waals surface area contributed by atoms with Crippen molar-refractivity contribution in [2.45, 2.75) is 19.8 Å². The monoisotopic (exact) mass is 462 g/mol. The van der Waals surface area contributed by atoms with E-state index < -0.39 is 5.82 Å². The largest absolute Gasteiger partial charge is 0.337 e. The van der Waals surface area contributed by atoms with E-state index in [1.54, 1.807) is 12.1 Å². The second-order valence-electron chi connectivity index (χ2n) is 8.62. The SMILES string of the molecule is C=CC(=O)Cc1cc2c(Nc3cccc(Cl)c3F)ncnc2cc1C#C[C@@]1(C)CCN(C)C1. The second-order valence-corrected chi connectivity index (χ2v) is 9.03. The van der Waals surface area contributed by atoms with Gasteiger partial charge in [0.25, 0.3) is 0 Å². The van der Waals surface area contributed by atoms with Gasteiger partial charge in [0.2, 0.25) is 0 Å². The van der Waals surface area contributed by atoms with E-state index >= 15 is 0 Å². The van der Waals surface area contributed by atoms with Gasteiger partial charge in [0.1, 0.15) is 12.1 Å². The van der Waals surface area contributed by atoms with Crippen molar-refractivity contribution in [2.75, 3.05) is 25.5 Å². The molecule has 1 aliphatic rings. The molecule has 1 saturated heterocycles. The first-order valence-electron chi connectivity index (χ1n) is 10.6. The molecule has 1 aliphatic heterocycles. The number of ketones is 1. The second kappa shape index (κ2) is 9.30. The van der Waals surface area contributed by atoms with Gasteiger partial charge in [0.05, 0.1) is 16.2 Å². The third-order valence-corrected chi connectivity index (χ3v) is 6.11. The maximum atomic E-state index is 14.4. The Morgan fingerprint density at radius 3 is 2.94 bits per heavy atom. The number of anilines is 2. The molecule has 3 aromatic rings. The lowest BCUT2D eigenvalue weighted by Gasteiger charge is -2.16. The van der Waals surface area contributed by atoms with E-state index in [-0.39, 0.29) is 28.3 Å². The van der Waals surface area contributed by atoms with Crippen LogP contribution in [0.3, 0.4) is 0 Å². The van der Waals surface area contributed by atoms with Gasteiger partial charge in [-0.1, -0.05) is 36.1 Å². The van der Waals surface area contributed by atoms with Crippen molar-refractivity contribution in [2.24, 2.45) is 5.41 Å². The first-order chi connectivity index (χ1) is 15.8. The number of allylic oxidation sites excluding steroid dienone is 1. The molecule has 1 fully saturated rings. The average Bonchev–Trinajstić information content (AvgIpc) is 3.14. The maximum absolute atomic E-state index is 14.4. The smallest absolute Gasteiger partial charge is 0.165 e. The van der Waals surface area contributed by atoms with Crippen LogP contribution in [0, 0.1) is 23.1 Å². The molecule has 0 bridgehead atoms. The Balaban J connectivity index is 1.79. The summed E-state index contributed by atoms with van der Waals surface area (Å²) in [5.41, 5.74) is 2.23. The molecular formula is C26H24ClFN4O. The van der Waals surface area contributed by atoms with Crippen LogP contribution in [-0.4, -0.2) is 40.8 Å². The summed E-state index contributed by atoms with van der Waals surface area (Å²) in [7, 11) is 2.09. The summed E-state index contributed by atoms with van der Waals surface area (Å²) in [6, 6.07) is 8.41. The van der Waals surface area contributed by atoms with Gasteiger partial charge in [0.15, 0.2) is 11.6 Å². The lowest BCUT2D eigenvalue weighted by Crippen LogP contribution is -2.20. The highest BCUT2D eigenvalue weighted by molar-refractivity contribution is 6.31. The zero-order chi connectivity index (χ0) is 23.6. The van der Waals surface area contributed by atoms with Crippen molar-refractivity contribution in [3.05, 3.63) is 71.3 Å². The maximum Gasteiger partial charge on any atom is 0.165 e. The van der Waals surface area contributed by atoms with Gasteiger partial charge in [0, 0.05) is 29.3 Å². The predicted octanol–water partition coefficient (Wildman–Crippen LogP) is 5.16. The predicted molar refractivity (Wildman–Crippen MR) is 130 cm³/mol. The van der Waals surface area contributed by atoms with Crippen molar-refractivity contribution in [1.82, 2.24) is 14.9 Å². The van der Waals surface area contributed by atoms with E-state index in [0.29, 0.717) is 16.7 Å². The fraction of sp³-hybridized carbons (Fsp3) is 0.269. The number of benzene rings is 2. The summed E-state index contributed by atoms with van der Waals surface area (Å²) in [5, 5.41) is 3.67. The number of rotatable bonds is 5. The highest BCUT2D eigenvalue weighted by Crippen LogP contribution is 2.31. The van der Waals surface area contributed by atoms with Gasteiger partial charge in [-0.2, -0.15) is 0 Å². The Morgan fingerprint density at radius 1 is 1.39 bits per heavy atom. The molecule has 1 aromatic heterocycles. The van der Waals surface area contributed by atoms with Crippen LogP contribution in [0.4, 0.5) is 15.9 Å². The summed E-state index contributed by atoms with van der Waals surface area (Å²) >= 11 is 5.91. The number of carbonyl (C=O) groups is 1. The van der Waals surface area contributed by atoms with E-state index in [9.17, 15) is 9.18 Å². The molecule has 168 valence electrons. The van der Waals surface area contributed by atoms with E-state index in [2.05, 4.69) is 52.6 Å². The van der Waals surface area contributed by atoms with Crippen LogP contribution in [-0.2, 0) is 11.2 Å². The summed E-state index contributed by atoms with van der Waals surface area (Å²) in [6.07, 6.45) is 3.86. The molecule has 0 spiro atoms. The third-order valence-electron chi connectivity index (χ3n) is 5.82. The summed E-state index contributed by atoms with van der Waals surface area (Å²) in [4.78, 5) is 23.1.